The van der Waals surface area contributed by atoms with Crippen LogP contribution >= 0.6 is 23.2 Å². The number of halogens is 2. The van der Waals surface area contributed by atoms with Gasteiger partial charge in [-0.1, -0.05) is 23.2 Å². The van der Waals surface area contributed by atoms with Gasteiger partial charge < -0.3 is 15.2 Å². The van der Waals surface area contributed by atoms with E-state index in [9.17, 15) is 9.59 Å². The number of amides is 1. The Morgan fingerprint density at radius 3 is 2.50 bits per heavy atom. The highest BCUT2D eigenvalue weighted by atomic mass is 35.5. The maximum atomic E-state index is 12.1. The van der Waals surface area contributed by atoms with Crippen LogP contribution in [0.25, 0.3) is 0 Å². The van der Waals surface area contributed by atoms with E-state index in [4.69, 9.17) is 33.0 Å². The van der Waals surface area contributed by atoms with E-state index in [1.54, 1.807) is 0 Å². The molecule has 0 unspecified atom stereocenters. The van der Waals surface area contributed by atoms with Gasteiger partial charge >= 0.3 is 5.97 Å². The van der Waals surface area contributed by atoms with Crippen molar-refractivity contribution in [3.05, 3.63) is 33.3 Å². The van der Waals surface area contributed by atoms with Crippen molar-refractivity contribution in [2.75, 3.05) is 13.2 Å². The van der Waals surface area contributed by atoms with Crippen molar-refractivity contribution in [2.24, 2.45) is 0 Å². The second-order valence-corrected chi connectivity index (χ2v) is 5.28. The Balaban J connectivity index is 2.15. The van der Waals surface area contributed by atoms with Crippen LogP contribution in [-0.4, -0.2) is 36.2 Å². The average Bonchev–Trinajstić information content (AvgIpc) is 2.91. The number of hydrogen-bond donors (Lipinski definition) is 2. The zero-order valence-corrected chi connectivity index (χ0v) is 12.0. The van der Waals surface area contributed by atoms with Crippen LogP contribution in [0.3, 0.4) is 0 Å². The summed E-state index contributed by atoms with van der Waals surface area (Å²) in [6, 6.07) is 2.44. The first-order valence-electron chi connectivity index (χ1n) is 6.11. The fourth-order valence-corrected chi connectivity index (χ4v) is 2.35. The van der Waals surface area contributed by atoms with E-state index in [-0.39, 0.29) is 27.3 Å². The molecule has 0 aliphatic carbocycles. The smallest absolute Gasteiger partial charge is 0.336 e. The predicted molar refractivity (Wildman–Crippen MR) is 74.7 cm³/mol. The molecule has 20 heavy (non-hydrogen) atoms. The highest BCUT2D eigenvalue weighted by molar-refractivity contribution is 6.42. The Bertz CT molecular complexity index is 541. The standard InChI is InChI=1S/C13H13Cl2NO4/c14-10-4-8(9(13(18)19)5-11(10)15)12(17)16-6-7-2-1-3-20-7/h4-5,7H,1-3,6H2,(H,16,17)(H,18,19)/t7-/m0/s1. The minimum absolute atomic E-state index is 0.00935. The molecule has 1 aromatic rings. The average molecular weight is 318 g/mol. The summed E-state index contributed by atoms with van der Waals surface area (Å²) in [6.45, 7) is 1.03. The van der Waals surface area contributed by atoms with Gasteiger partial charge in [-0.3, -0.25) is 4.79 Å². The summed E-state index contributed by atoms with van der Waals surface area (Å²) in [4.78, 5) is 23.2. The van der Waals surface area contributed by atoms with E-state index in [0.29, 0.717) is 13.2 Å². The molecule has 108 valence electrons. The molecule has 2 N–H and O–H groups in total. The zero-order chi connectivity index (χ0) is 14.7. The molecular formula is C13H13Cl2NO4. The van der Waals surface area contributed by atoms with Gasteiger partial charge in [0.25, 0.3) is 5.91 Å². The number of rotatable bonds is 4. The molecule has 2 rings (SSSR count). The molecule has 1 aliphatic heterocycles. The number of benzene rings is 1. The van der Waals surface area contributed by atoms with E-state index in [0.717, 1.165) is 12.8 Å². The Hall–Kier alpha value is -1.30. The largest absolute Gasteiger partial charge is 0.478 e. The Morgan fingerprint density at radius 1 is 1.30 bits per heavy atom. The molecule has 1 aromatic carbocycles. The highest BCUT2D eigenvalue weighted by Gasteiger charge is 2.21. The topological polar surface area (TPSA) is 75.6 Å². The first kappa shape index (κ1) is 15.1. The molecule has 1 heterocycles. The van der Waals surface area contributed by atoms with E-state index >= 15 is 0 Å². The lowest BCUT2D eigenvalue weighted by atomic mass is 10.1. The summed E-state index contributed by atoms with van der Waals surface area (Å²) >= 11 is 11.6. The predicted octanol–water partition coefficient (Wildman–Crippen LogP) is 2.60. The summed E-state index contributed by atoms with van der Waals surface area (Å²) in [5.74, 6) is -1.73. The number of carbonyl (C=O) groups is 2. The van der Waals surface area contributed by atoms with E-state index in [1.165, 1.54) is 12.1 Å². The van der Waals surface area contributed by atoms with Gasteiger partial charge in [-0.2, -0.15) is 0 Å². The number of ether oxygens (including phenoxy) is 1. The Kier molecular flexibility index (Phi) is 4.86. The second-order valence-electron chi connectivity index (χ2n) is 4.46. The Morgan fingerprint density at radius 2 is 1.95 bits per heavy atom. The van der Waals surface area contributed by atoms with Crippen LogP contribution in [-0.2, 0) is 4.74 Å². The summed E-state index contributed by atoms with van der Waals surface area (Å²) in [5.41, 5.74) is -0.186. The molecule has 0 saturated carbocycles. The van der Waals surface area contributed by atoms with E-state index < -0.39 is 11.9 Å². The van der Waals surface area contributed by atoms with Crippen LogP contribution in [0.15, 0.2) is 12.1 Å². The van der Waals surface area contributed by atoms with Gasteiger partial charge in [-0.05, 0) is 25.0 Å². The van der Waals surface area contributed by atoms with Crippen LogP contribution < -0.4 is 5.32 Å². The molecule has 0 radical (unpaired) electrons. The number of aromatic carboxylic acids is 1. The molecule has 1 amide bonds. The van der Waals surface area contributed by atoms with Crippen molar-refractivity contribution in [1.29, 1.82) is 0 Å². The first-order valence-corrected chi connectivity index (χ1v) is 6.86. The van der Waals surface area contributed by atoms with Crippen molar-refractivity contribution in [3.8, 4) is 0 Å². The van der Waals surface area contributed by atoms with Crippen molar-refractivity contribution in [3.63, 3.8) is 0 Å². The molecule has 1 atom stereocenters. The maximum absolute atomic E-state index is 12.1. The highest BCUT2D eigenvalue weighted by Crippen LogP contribution is 2.26. The van der Waals surface area contributed by atoms with Gasteiger partial charge in [0.1, 0.15) is 0 Å². The third-order valence-electron chi connectivity index (χ3n) is 3.05. The molecule has 1 saturated heterocycles. The lowest BCUT2D eigenvalue weighted by Gasteiger charge is -2.12. The van der Waals surface area contributed by atoms with Crippen LogP contribution in [0.4, 0.5) is 0 Å². The van der Waals surface area contributed by atoms with Gasteiger partial charge in [-0.25, -0.2) is 4.79 Å². The van der Waals surface area contributed by atoms with Crippen molar-refractivity contribution < 1.29 is 19.4 Å². The molecule has 1 aliphatic rings. The summed E-state index contributed by atoms with van der Waals surface area (Å²) in [5, 5.41) is 12.0. The number of hydrogen-bond acceptors (Lipinski definition) is 3. The number of nitrogens with one attached hydrogen (secondary N) is 1. The summed E-state index contributed by atoms with van der Waals surface area (Å²) in [6.07, 6.45) is 1.83. The van der Waals surface area contributed by atoms with Gasteiger partial charge in [-0.15, -0.1) is 0 Å². The fourth-order valence-electron chi connectivity index (χ4n) is 2.02. The van der Waals surface area contributed by atoms with E-state index in [2.05, 4.69) is 5.32 Å². The number of carboxylic acids is 1. The minimum atomic E-state index is -1.23. The SMILES string of the molecule is O=C(O)c1cc(Cl)c(Cl)cc1C(=O)NC[C@@H]1CCCO1. The summed E-state index contributed by atoms with van der Waals surface area (Å²) in [7, 11) is 0. The molecule has 0 spiro atoms. The van der Waals surface area contributed by atoms with Crippen LogP contribution in [0, 0.1) is 0 Å². The second kappa shape index (κ2) is 6.43. The van der Waals surface area contributed by atoms with Crippen LogP contribution in [0.1, 0.15) is 33.6 Å². The Labute approximate surface area is 125 Å². The normalized spacial score (nSPS) is 18.0. The molecule has 7 heteroatoms. The van der Waals surface area contributed by atoms with Crippen LogP contribution in [0.2, 0.25) is 10.0 Å². The minimum Gasteiger partial charge on any atom is -0.478 e. The third kappa shape index (κ3) is 3.42. The number of carboxylic acid groups (broad SMARTS) is 1. The lowest BCUT2D eigenvalue weighted by molar-refractivity contribution is 0.0689. The monoisotopic (exact) mass is 317 g/mol. The number of carbonyl (C=O) groups excluding carboxylic acids is 1. The maximum Gasteiger partial charge on any atom is 0.336 e. The third-order valence-corrected chi connectivity index (χ3v) is 3.77. The molecule has 5 nitrogen and oxygen atoms in total. The molecule has 0 bridgehead atoms. The van der Waals surface area contributed by atoms with Gasteiger partial charge in [0.05, 0.1) is 27.3 Å². The lowest BCUT2D eigenvalue weighted by Crippen LogP contribution is -2.32. The van der Waals surface area contributed by atoms with Crippen LogP contribution in [0.5, 0.6) is 0 Å². The van der Waals surface area contributed by atoms with Crippen molar-refractivity contribution in [2.45, 2.75) is 18.9 Å². The zero-order valence-electron chi connectivity index (χ0n) is 10.5. The van der Waals surface area contributed by atoms with Gasteiger partial charge in [0, 0.05) is 13.2 Å². The molecule has 0 aromatic heterocycles. The van der Waals surface area contributed by atoms with Crippen molar-refractivity contribution in [1.82, 2.24) is 5.32 Å². The fraction of sp³-hybridized carbons (Fsp3) is 0.385. The summed E-state index contributed by atoms with van der Waals surface area (Å²) < 4.78 is 5.38. The molecule has 1 fully saturated rings. The molecular weight excluding hydrogens is 305 g/mol. The van der Waals surface area contributed by atoms with Gasteiger partial charge in [0.2, 0.25) is 0 Å². The van der Waals surface area contributed by atoms with E-state index in [1.807, 2.05) is 0 Å². The first-order chi connectivity index (χ1) is 9.49. The quantitative estimate of drug-likeness (QED) is 0.895. The van der Waals surface area contributed by atoms with Crippen molar-refractivity contribution >= 4 is 35.1 Å². The van der Waals surface area contributed by atoms with Gasteiger partial charge in [0.15, 0.2) is 0 Å².